The number of ether oxygens (including phenoxy) is 1. The fraction of sp³-hybridized carbons (Fsp3) is 0.857. The highest BCUT2D eigenvalue weighted by molar-refractivity contribution is 5.68. The predicted octanol–water partition coefficient (Wildman–Crippen LogP) is 2.32. The molecule has 0 N–H and O–H groups in total. The molecule has 1 heterocycles. The maximum Gasteiger partial charge on any atom is 0.410 e. The second-order valence-electron chi connectivity index (χ2n) is 6.70. The zero-order chi connectivity index (χ0) is 13.5. The Kier molecular flexibility index (Phi) is 3.39. The van der Waals surface area contributed by atoms with Crippen LogP contribution in [-0.4, -0.2) is 36.0 Å². The Balaban J connectivity index is 1.95. The summed E-state index contributed by atoms with van der Waals surface area (Å²) in [6, 6.07) is 0. The van der Waals surface area contributed by atoms with Gasteiger partial charge in [-0.2, -0.15) is 0 Å². The van der Waals surface area contributed by atoms with E-state index in [1.807, 2.05) is 20.8 Å². The van der Waals surface area contributed by atoms with Crippen LogP contribution < -0.4 is 0 Å². The number of carbonyl (C=O) groups excluding carboxylic acids is 2. The lowest BCUT2D eigenvalue weighted by molar-refractivity contribution is -0.112. The molecule has 2 aliphatic rings. The summed E-state index contributed by atoms with van der Waals surface area (Å²) >= 11 is 0. The van der Waals surface area contributed by atoms with Gasteiger partial charge in [-0.1, -0.05) is 6.92 Å². The first-order valence-electron chi connectivity index (χ1n) is 6.75. The van der Waals surface area contributed by atoms with Crippen LogP contribution in [0.3, 0.4) is 0 Å². The van der Waals surface area contributed by atoms with Gasteiger partial charge in [0.2, 0.25) is 0 Å². The summed E-state index contributed by atoms with van der Waals surface area (Å²) in [5, 5.41) is 0. The van der Waals surface area contributed by atoms with Crippen molar-refractivity contribution < 1.29 is 14.3 Å². The molecule has 0 radical (unpaired) electrons. The average molecular weight is 253 g/mol. The Hall–Kier alpha value is -1.06. The Labute approximate surface area is 109 Å². The Morgan fingerprint density at radius 1 is 1.33 bits per heavy atom. The zero-order valence-corrected chi connectivity index (χ0v) is 11.7. The van der Waals surface area contributed by atoms with Crippen molar-refractivity contribution in [3.05, 3.63) is 0 Å². The molecule has 4 atom stereocenters. The number of carbonyl (C=O) groups is 2. The smallest absolute Gasteiger partial charge is 0.410 e. The highest BCUT2D eigenvalue weighted by Gasteiger charge is 2.47. The minimum absolute atomic E-state index is 0.181. The van der Waals surface area contributed by atoms with E-state index in [9.17, 15) is 9.59 Å². The molecular weight excluding hydrogens is 230 g/mol. The molecule has 1 saturated heterocycles. The average Bonchev–Trinajstić information content (AvgIpc) is 2.76. The Morgan fingerprint density at radius 3 is 2.50 bits per heavy atom. The largest absolute Gasteiger partial charge is 0.444 e. The molecule has 0 aromatic heterocycles. The van der Waals surface area contributed by atoms with Gasteiger partial charge in [0.25, 0.3) is 0 Å². The van der Waals surface area contributed by atoms with E-state index in [0.29, 0.717) is 17.8 Å². The highest BCUT2D eigenvalue weighted by Crippen LogP contribution is 2.45. The first kappa shape index (κ1) is 13.4. The van der Waals surface area contributed by atoms with Crippen LogP contribution in [0.2, 0.25) is 0 Å². The van der Waals surface area contributed by atoms with Gasteiger partial charge in [0, 0.05) is 19.0 Å². The third-order valence-corrected chi connectivity index (χ3v) is 4.24. The number of amides is 1. The van der Waals surface area contributed by atoms with Crippen LogP contribution in [-0.2, 0) is 9.53 Å². The van der Waals surface area contributed by atoms with Crippen molar-refractivity contribution in [2.24, 2.45) is 23.7 Å². The molecule has 0 spiro atoms. The third kappa shape index (κ3) is 2.52. The van der Waals surface area contributed by atoms with Crippen molar-refractivity contribution in [1.82, 2.24) is 4.90 Å². The standard InChI is InChI=1S/C14H23NO3/c1-9-11(8-16)5-10-6-15(7-12(9)10)13(17)18-14(2,3)4/h8-12H,5-7H2,1-4H3/t9-,10+,11+,12+/m1/s1. The molecule has 1 aliphatic carbocycles. The minimum Gasteiger partial charge on any atom is -0.444 e. The number of hydrogen-bond acceptors (Lipinski definition) is 3. The van der Waals surface area contributed by atoms with E-state index in [2.05, 4.69) is 6.92 Å². The molecule has 4 heteroatoms. The lowest BCUT2D eigenvalue weighted by Gasteiger charge is -2.25. The number of hydrogen-bond donors (Lipinski definition) is 0. The monoisotopic (exact) mass is 253 g/mol. The molecule has 1 amide bonds. The SMILES string of the molecule is C[C@H]1[C@@H]2CN(C(=O)OC(C)(C)C)C[C@@H]2C[C@H]1C=O. The minimum atomic E-state index is -0.439. The van der Waals surface area contributed by atoms with Crippen molar-refractivity contribution in [3.8, 4) is 0 Å². The first-order valence-corrected chi connectivity index (χ1v) is 6.75. The second-order valence-corrected chi connectivity index (χ2v) is 6.70. The van der Waals surface area contributed by atoms with E-state index in [-0.39, 0.29) is 12.0 Å². The van der Waals surface area contributed by atoms with E-state index < -0.39 is 5.60 Å². The summed E-state index contributed by atoms with van der Waals surface area (Å²) < 4.78 is 5.39. The molecule has 1 saturated carbocycles. The van der Waals surface area contributed by atoms with E-state index in [0.717, 1.165) is 25.8 Å². The van der Waals surface area contributed by atoms with E-state index in [1.165, 1.54) is 0 Å². The number of aldehydes is 1. The first-order chi connectivity index (χ1) is 8.31. The topological polar surface area (TPSA) is 46.6 Å². The maximum atomic E-state index is 12.0. The number of nitrogens with zero attached hydrogens (tertiary/aromatic N) is 1. The fourth-order valence-electron chi connectivity index (χ4n) is 3.28. The summed E-state index contributed by atoms with van der Waals surface area (Å²) in [7, 11) is 0. The molecule has 0 unspecified atom stereocenters. The number of rotatable bonds is 1. The maximum absolute atomic E-state index is 12.0. The van der Waals surface area contributed by atoms with Gasteiger partial charge in [-0.05, 0) is 44.9 Å². The van der Waals surface area contributed by atoms with Crippen molar-refractivity contribution in [3.63, 3.8) is 0 Å². The van der Waals surface area contributed by atoms with Gasteiger partial charge in [0.05, 0.1) is 0 Å². The van der Waals surface area contributed by atoms with Crippen LogP contribution in [0, 0.1) is 23.7 Å². The van der Waals surface area contributed by atoms with Crippen molar-refractivity contribution >= 4 is 12.4 Å². The molecule has 1 aliphatic heterocycles. The quantitative estimate of drug-likeness (QED) is 0.674. The summed E-state index contributed by atoms with van der Waals surface area (Å²) in [5.74, 6) is 1.51. The molecule has 0 aromatic rings. The van der Waals surface area contributed by atoms with Crippen LogP contribution in [0.25, 0.3) is 0 Å². The zero-order valence-electron chi connectivity index (χ0n) is 11.7. The summed E-state index contributed by atoms with van der Waals surface area (Å²) in [5.41, 5.74) is -0.439. The van der Waals surface area contributed by atoms with E-state index in [1.54, 1.807) is 4.90 Å². The van der Waals surface area contributed by atoms with Crippen LogP contribution >= 0.6 is 0 Å². The van der Waals surface area contributed by atoms with Gasteiger partial charge in [-0.3, -0.25) is 0 Å². The van der Waals surface area contributed by atoms with E-state index >= 15 is 0 Å². The van der Waals surface area contributed by atoms with Crippen LogP contribution in [0.4, 0.5) is 4.79 Å². The van der Waals surface area contributed by atoms with Gasteiger partial charge in [0.1, 0.15) is 11.9 Å². The molecule has 2 rings (SSSR count). The molecule has 2 fully saturated rings. The molecule has 4 nitrogen and oxygen atoms in total. The van der Waals surface area contributed by atoms with Crippen molar-refractivity contribution in [2.75, 3.05) is 13.1 Å². The summed E-state index contributed by atoms with van der Waals surface area (Å²) in [6.07, 6.45) is 1.79. The second kappa shape index (κ2) is 4.56. The van der Waals surface area contributed by atoms with Crippen LogP contribution in [0.15, 0.2) is 0 Å². The van der Waals surface area contributed by atoms with Gasteiger partial charge >= 0.3 is 6.09 Å². The van der Waals surface area contributed by atoms with Crippen LogP contribution in [0.5, 0.6) is 0 Å². The molecular formula is C14H23NO3. The fourth-order valence-corrected chi connectivity index (χ4v) is 3.28. The summed E-state index contributed by atoms with van der Waals surface area (Å²) in [6.45, 7) is 9.26. The summed E-state index contributed by atoms with van der Waals surface area (Å²) in [4.78, 5) is 24.7. The Morgan fingerprint density at radius 2 is 2.00 bits per heavy atom. The normalized spacial score (nSPS) is 35.4. The van der Waals surface area contributed by atoms with Crippen molar-refractivity contribution in [2.45, 2.75) is 39.7 Å². The van der Waals surface area contributed by atoms with Crippen LogP contribution in [0.1, 0.15) is 34.1 Å². The van der Waals surface area contributed by atoms with Gasteiger partial charge < -0.3 is 14.4 Å². The van der Waals surface area contributed by atoms with Gasteiger partial charge in [-0.25, -0.2) is 4.79 Å². The molecule has 102 valence electrons. The highest BCUT2D eigenvalue weighted by atomic mass is 16.6. The number of fused-ring (bicyclic) bond motifs is 1. The molecule has 0 aromatic carbocycles. The van der Waals surface area contributed by atoms with E-state index in [4.69, 9.17) is 4.74 Å². The predicted molar refractivity (Wildman–Crippen MR) is 68.1 cm³/mol. The molecule has 18 heavy (non-hydrogen) atoms. The van der Waals surface area contributed by atoms with Gasteiger partial charge in [-0.15, -0.1) is 0 Å². The van der Waals surface area contributed by atoms with Crippen molar-refractivity contribution in [1.29, 1.82) is 0 Å². The van der Waals surface area contributed by atoms with Gasteiger partial charge in [0.15, 0.2) is 0 Å². The Bertz CT molecular complexity index is 347. The third-order valence-electron chi connectivity index (χ3n) is 4.24. The number of likely N-dealkylation sites (tertiary alicyclic amines) is 1. The molecule has 0 bridgehead atoms. The lowest BCUT2D eigenvalue weighted by atomic mass is 9.91. The lowest BCUT2D eigenvalue weighted by Crippen LogP contribution is -2.36.